The lowest BCUT2D eigenvalue weighted by Crippen LogP contribution is -2.59. The molecule has 1 aliphatic heterocycles. The van der Waals surface area contributed by atoms with E-state index < -0.39 is 42.9 Å². The molecule has 3 nitrogen and oxygen atoms in total. The van der Waals surface area contributed by atoms with Gasteiger partial charge >= 0.3 is 0 Å². The maximum absolute atomic E-state index is 15.1. The van der Waals surface area contributed by atoms with Crippen molar-refractivity contribution in [2.75, 3.05) is 0 Å². The Morgan fingerprint density at radius 2 is 2.04 bits per heavy atom. The Hall–Kier alpha value is -1.34. The Balaban J connectivity index is 2.09. The van der Waals surface area contributed by atoms with Gasteiger partial charge in [-0.1, -0.05) is 38.7 Å². The highest BCUT2D eigenvalue weighted by molar-refractivity contribution is 6.78. The first-order valence-electron chi connectivity index (χ1n) is 9.07. The van der Waals surface area contributed by atoms with Crippen LogP contribution < -0.4 is 5.32 Å². The van der Waals surface area contributed by atoms with Gasteiger partial charge in [0.25, 0.3) is 0 Å². The molecule has 0 aromatic heterocycles. The second kappa shape index (κ2) is 7.35. The van der Waals surface area contributed by atoms with Crippen molar-refractivity contribution in [3.05, 3.63) is 35.6 Å². The smallest absolute Gasteiger partial charge is 0.243 e. The van der Waals surface area contributed by atoms with E-state index in [1.54, 1.807) is 32.6 Å². The number of halogens is 3. The molecule has 2 unspecified atom stereocenters. The van der Waals surface area contributed by atoms with Gasteiger partial charge in [-0.2, -0.15) is 0 Å². The first-order chi connectivity index (χ1) is 11.9. The Morgan fingerprint density at radius 1 is 1.38 bits per heavy atom. The van der Waals surface area contributed by atoms with Crippen molar-refractivity contribution in [1.82, 2.24) is 5.32 Å². The van der Waals surface area contributed by atoms with Crippen molar-refractivity contribution in [1.29, 1.82) is 0 Å². The molecular weight excluding hydrogens is 359 g/mol. The fourth-order valence-electron chi connectivity index (χ4n) is 3.82. The largest absolute Gasteiger partial charge is 0.388 e. The maximum Gasteiger partial charge on any atom is 0.243 e. The van der Waals surface area contributed by atoms with Crippen molar-refractivity contribution in [2.24, 2.45) is 5.41 Å². The van der Waals surface area contributed by atoms with Crippen LogP contribution in [0.5, 0.6) is 0 Å². The van der Waals surface area contributed by atoms with Gasteiger partial charge in [0, 0.05) is 6.04 Å². The van der Waals surface area contributed by atoms with Crippen LogP contribution in [-0.4, -0.2) is 30.7 Å². The van der Waals surface area contributed by atoms with Gasteiger partial charge in [-0.25, -0.2) is 13.2 Å². The number of hydrogen-bond donors (Lipinski definition) is 2. The van der Waals surface area contributed by atoms with Gasteiger partial charge in [0.15, 0.2) is 0 Å². The molecular formula is C19H28F3NO2Si. The predicted octanol–water partition coefficient (Wildman–Crippen LogP) is 4.44. The van der Waals surface area contributed by atoms with Crippen molar-refractivity contribution in [3.63, 3.8) is 0 Å². The average Bonchev–Trinajstić information content (AvgIpc) is 2.89. The van der Waals surface area contributed by atoms with Gasteiger partial charge in [-0.05, 0) is 43.4 Å². The number of alkyl halides is 2. The number of carbonyl (C=O) groups is 1. The van der Waals surface area contributed by atoms with Crippen molar-refractivity contribution < 1.29 is 23.1 Å². The molecule has 0 radical (unpaired) electrons. The van der Waals surface area contributed by atoms with E-state index in [1.165, 1.54) is 18.2 Å². The summed E-state index contributed by atoms with van der Waals surface area (Å²) in [6, 6.07) is 5.28. The quantitative estimate of drug-likeness (QED) is 0.680. The number of amides is 1. The summed E-state index contributed by atoms with van der Waals surface area (Å²) in [6.45, 7) is 6.38. The van der Waals surface area contributed by atoms with E-state index in [4.69, 9.17) is 0 Å². The highest BCUT2D eigenvalue weighted by Gasteiger charge is 2.66. The van der Waals surface area contributed by atoms with Crippen molar-refractivity contribution in [2.45, 2.75) is 69.9 Å². The first-order valence-corrected chi connectivity index (χ1v) is 12.6. The summed E-state index contributed by atoms with van der Waals surface area (Å²) >= 11 is 0. The van der Waals surface area contributed by atoms with Gasteiger partial charge in [-0.15, -0.1) is 0 Å². The van der Waals surface area contributed by atoms with Gasteiger partial charge < -0.3 is 10.4 Å². The molecule has 1 heterocycles. The minimum Gasteiger partial charge on any atom is -0.388 e. The number of aliphatic hydroxyl groups is 1. The summed E-state index contributed by atoms with van der Waals surface area (Å²) in [5.41, 5.74) is -4.25. The van der Waals surface area contributed by atoms with Crippen LogP contribution in [-0.2, 0) is 4.79 Å². The molecule has 0 aliphatic carbocycles. The fraction of sp³-hybridized carbons (Fsp3) is 0.632. The standard InChI is InChI=1S/C19H28F3NO2Si/c1-5-18(19(21,22)26(2,3)4)12-15(23-17(18)25)9-10-16(24)13-7-6-8-14(20)11-13/h6-8,11,15-16,24H,5,9-10,12H2,1-4H3,(H,23,25)/t15-,16?,18?/m0/s1. The van der Waals surface area contributed by atoms with Crippen LogP contribution in [0.3, 0.4) is 0 Å². The molecule has 1 amide bonds. The predicted molar refractivity (Wildman–Crippen MR) is 98.2 cm³/mol. The first kappa shape index (κ1) is 21.0. The Labute approximate surface area is 154 Å². The molecule has 1 fully saturated rings. The topological polar surface area (TPSA) is 49.3 Å². The number of nitrogens with one attached hydrogen (secondary N) is 1. The van der Waals surface area contributed by atoms with Crippen LogP contribution in [0.25, 0.3) is 0 Å². The van der Waals surface area contributed by atoms with Gasteiger partial charge in [0.1, 0.15) is 19.3 Å². The van der Waals surface area contributed by atoms with Crippen LogP contribution in [0.4, 0.5) is 13.2 Å². The lowest BCUT2D eigenvalue weighted by Gasteiger charge is -2.41. The zero-order valence-electron chi connectivity index (χ0n) is 15.8. The lowest BCUT2D eigenvalue weighted by atomic mass is 9.81. The number of carbonyl (C=O) groups excluding carboxylic acids is 1. The van der Waals surface area contributed by atoms with Crippen LogP contribution in [0, 0.1) is 11.2 Å². The molecule has 1 aromatic carbocycles. The molecule has 26 heavy (non-hydrogen) atoms. The van der Waals surface area contributed by atoms with E-state index in [-0.39, 0.29) is 19.3 Å². The molecule has 0 saturated carbocycles. The third-order valence-corrected chi connectivity index (χ3v) is 7.90. The summed E-state index contributed by atoms with van der Waals surface area (Å²) in [5.74, 6) is -1.02. The van der Waals surface area contributed by atoms with E-state index in [1.807, 2.05) is 0 Å². The summed E-state index contributed by atoms with van der Waals surface area (Å²) in [7, 11) is -2.90. The van der Waals surface area contributed by atoms with Crippen molar-refractivity contribution in [3.8, 4) is 0 Å². The van der Waals surface area contributed by atoms with E-state index in [0.717, 1.165) is 0 Å². The van der Waals surface area contributed by atoms with Gasteiger partial charge in [-0.3, -0.25) is 4.79 Å². The summed E-state index contributed by atoms with van der Waals surface area (Å²) < 4.78 is 43.5. The zero-order chi connectivity index (χ0) is 19.8. The number of hydrogen-bond acceptors (Lipinski definition) is 2. The minimum absolute atomic E-state index is 0.0650. The molecule has 2 N–H and O–H groups in total. The molecule has 7 heteroatoms. The molecule has 1 aliphatic rings. The molecule has 3 atom stereocenters. The third kappa shape index (κ3) is 3.69. The number of rotatable bonds is 7. The average molecular weight is 388 g/mol. The number of benzene rings is 1. The van der Waals surface area contributed by atoms with Crippen LogP contribution >= 0.6 is 0 Å². The molecule has 0 spiro atoms. The molecule has 146 valence electrons. The highest BCUT2D eigenvalue weighted by Crippen LogP contribution is 2.52. The Morgan fingerprint density at radius 3 is 2.58 bits per heavy atom. The van der Waals surface area contributed by atoms with Gasteiger partial charge in [0.2, 0.25) is 11.5 Å². The second-order valence-electron chi connectivity index (χ2n) is 8.28. The van der Waals surface area contributed by atoms with E-state index in [9.17, 15) is 14.3 Å². The normalized spacial score (nSPS) is 25.2. The summed E-state index contributed by atoms with van der Waals surface area (Å²) in [4.78, 5) is 12.5. The van der Waals surface area contributed by atoms with E-state index in [2.05, 4.69) is 5.32 Å². The van der Waals surface area contributed by atoms with E-state index in [0.29, 0.717) is 12.0 Å². The Bertz CT molecular complexity index is 662. The zero-order valence-corrected chi connectivity index (χ0v) is 16.8. The molecule has 0 bridgehead atoms. The molecule has 1 saturated heterocycles. The maximum atomic E-state index is 15.1. The third-order valence-electron chi connectivity index (χ3n) is 5.53. The lowest BCUT2D eigenvalue weighted by molar-refractivity contribution is -0.142. The monoisotopic (exact) mass is 387 g/mol. The van der Waals surface area contributed by atoms with E-state index >= 15 is 8.78 Å². The highest BCUT2D eigenvalue weighted by atomic mass is 28.3. The molecule has 1 aromatic rings. The van der Waals surface area contributed by atoms with Crippen LogP contribution in [0.2, 0.25) is 19.6 Å². The fourth-order valence-corrected chi connectivity index (χ4v) is 5.65. The SMILES string of the molecule is CCC1(C(F)(F)[Si](C)(C)C)C[C@H](CCC(O)c2cccc(F)c2)NC1=O. The second-order valence-corrected chi connectivity index (χ2v) is 13.4. The Kier molecular flexibility index (Phi) is 5.92. The minimum atomic E-state index is -3.02. The molecule has 2 rings (SSSR count). The number of aliphatic hydroxyl groups excluding tert-OH is 1. The van der Waals surface area contributed by atoms with Crippen LogP contribution in [0.15, 0.2) is 24.3 Å². The summed E-state index contributed by atoms with van der Waals surface area (Å²) in [5, 5.41) is 12.9. The summed E-state index contributed by atoms with van der Waals surface area (Å²) in [6.07, 6.45) is -0.106. The van der Waals surface area contributed by atoms with Crippen LogP contribution in [0.1, 0.15) is 44.3 Å². The van der Waals surface area contributed by atoms with Crippen molar-refractivity contribution >= 4 is 14.0 Å². The van der Waals surface area contributed by atoms with Gasteiger partial charge in [0.05, 0.1) is 6.10 Å².